The lowest BCUT2D eigenvalue weighted by atomic mass is 10.2. The van der Waals surface area contributed by atoms with Crippen LogP contribution in [0, 0.1) is 0 Å². The molecule has 102 valence electrons. The van der Waals surface area contributed by atoms with Gasteiger partial charge >= 0.3 is 6.18 Å². The smallest absolute Gasteiger partial charge is 0.401 e. The molecule has 0 radical (unpaired) electrons. The number of benzene rings is 1. The lowest BCUT2D eigenvalue weighted by molar-refractivity contribution is -0.147. The fourth-order valence-electron chi connectivity index (χ4n) is 1.69. The van der Waals surface area contributed by atoms with Gasteiger partial charge in [-0.25, -0.2) is 0 Å². The first-order valence-electron chi connectivity index (χ1n) is 5.58. The highest BCUT2D eigenvalue weighted by Crippen LogP contribution is 2.25. The predicted octanol–water partition coefficient (Wildman–Crippen LogP) is 3.93. The van der Waals surface area contributed by atoms with Crippen LogP contribution in [0.15, 0.2) is 22.7 Å². The van der Waals surface area contributed by atoms with Gasteiger partial charge in [-0.15, -0.1) is 0 Å². The van der Waals surface area contributed by atoms with Crippen molar-refractivity contribution in [3.8, 4) is 5.75 Å². The summed E-state index contributed by atoms with van der Waals surface area (Å²) in [4.78, 5) is 1.35. The first kappa shape index (κ1) is 15.3. The number of aromatic hydroxyl groups is 1. The van der Waals surface area contributed by atoms with Crippen LogP contribution < -0.4 is 0 Å². The van der Waals surface area contributed by atoms with Gasteiger partial charge in [-0.3, -0.25) is 4.90 Å². The second-order valence-corrected chi connectivity index (χ2v) is 4.97. The van der Waals surface area contributed by atoms with Crippen molar-refractivity contribution in [3.05, 3.63) is 28.2 Å². The van der Waals surface area contributed by atoms with Gasteiger partial charge < -0.3 is 5.11 Å². The van der Waals surface area contributed by atoms with E-state index >= 15 is 0 Å². The van der Waals surface area contributed by atoms with Crippen LogP contribution in [0.5, 0.6) is 5.75 Å². The Morgan fingerprint density at radius 3 is 2.50 bits per heavy atom. The number of halogens is 4. The Hall–Kier alpha value is -0.750. The van der Waals surface area contributed by atoms with E-state index in [4.69, 9.17) is 0 Å². The van der Waals surface area contributed by atoms with E-state index in [0.29, 0.717) is 17.4 Å². The second-order valence-electron chi connectivity index (χ2n) is 4.11. The summed E-state index contributed by atoms with van der Waals surface area (Å²) in [6.45, 7) is 1.53. The first-order valence-corrected chi connectivity index (χ1v) is 6.37. The molecule has 1 aromatic rings. The van der Waals surface area contributed by atoms with E-state index in [2.05, 4.69) is 15.9 Å². The first-order chi connectivity index (χ1) is 8.31. The molecule has 2 nitrogen and oxygen atoms in total. The molecule has 0 aliphatic rings. The van der Waals surface area contributed by atoms with Crippen LogP contribution in [-0.4, -0.2) is 29.3 Å². The minimum atomic E-state index is -4.19. The van der Waals surface area contributed by atoms with Gasteiger partial charge in [0.2, 0.25) is 0 Å². The Morgan fingerprint density at radius 1 is 1.33 bits per heavy atom. The summed E-state index contributed by atoms with van der Waals surface area (Å²) >= 11 is 3.15. The van der Waals surface area contributed by atoms with Gasteiger partial charge in [0.15, 0.2) is 0 Å². The van der Waals surface area contributed by atoms with Gasteiger partial charge in [-0.2, -0.15) is 13.2 Å². The molecule has 0 aliphatic carbocycles. The lowest BCUT2D eigenvalue weighted by Crippen LogP contribution is -2.34. The summed E-state index contributed by atoms with van der Waals surface area (Å²) in [5.74, 6) is 0.0802. The van der Waals surface area contributed by atoms with Crippen molar-refractivity contribution >= 4 is 15.9 Å². The molecule has 0 bridgehead atoms. The summed E-state index contributed by atoms with van der Waals surface area (Å²) in [5.41, 5.74) is 0.734. The molecule has 18 heavy (non-hydrogen) atoms. The summed E-state index contributed by atoms with van der Waals surface area (Å²) in [5, 5.41) is 9.33. The van der Waals surface area contributed by atoms with Gasteiger partial charge in [0, 0.05) is 6.54 Å². The van der Waals surface area contributed by atoms with Crippen molar-refractivity contribution in [1.29, 1.82) is 0 Å². The summed E-state index contributed by atoms with van der Waals surface area (Å²) < 4.78 is 37.6. The zero-order chi connectivity index (χ0) is 13.8. The average Bonchev–Trinajstić information content (AvgIpc) is 2.21. The minimum absolute atomic E-state index is 0.0802. The number of nitrogens with zero attached hydrogens (tertiary/aromatic N) is 1. The maximum atomic E-state index is 12.4. The molecule has 0 aromatic heterocycles. The third kappa shape index (κ3) is 5.27. The number of rotatable bonds is 5. The summed E-state index contributed by atoms with van der Waals surface area (Å²) in [7, 11) is 0. The zero-order valence-corrected chi connectivity index (χ0v) is 11.6. The molecular weight excluding hydrogens is 311 g/mol. The predicted molar refractivity (Wildman–Crippen MR) is 67.4 cm³/mol. The molecule has 0 saturated heterocycles. The van der Waals surface area contributed by atoms with Crippen LogP contribution in [0.2, 0.25) is 0 Å². The van der Waals surface area contributed by atoms with Crippen LogP contribution >= 0.6 is 15.9 Å². The Kier molecular flexibility index (Phi) is 5.47. The Bertz CT molecular complexity index is 395. The highest BCUT2D eigenvalue weighted by Gasteiger charge is 2.30. The van der Waals surface area contributed by atoms with Crippen LogP contribution in [-0.2, 0) is 6.54 Å². The highest BCUT2D eigenvalue weighted by atomic mass is 79.9. The van der Waals surface area contributed by atoms with E-state index in [0.717, 1.165) is 5.56 Å². The number of hydrogen-bond acceptors (Lipinski definition) is 2. The molecule has 0 unspecified atom stereocenters. The lowest BCUT2D eigenvalue weighted by Gasteiger charge is -2.23. The van der Waals surface area contributed by atoms with Gasteiger partial charge in [0.1, 0.15) is 5.75 Å². The zero-order valence-electron chi connectivity index (χ0n) is 9.97. The van der Waals surface area contributed by atoms with Crippen molar-refractivity contribution < 1.29 is 18.3 Å². The average molecular weight is 326 g/mol. The van der Waals surface area contributed by atoms with Crippen LogP contribution in [0.3, 0.4) is 0 Å². The number of phenolic OH excluding ortho intramolecular Hbond substituents is 1. The quantitative estimate of drug-likeness (QED) is 0.886. The van der Waals surface area contributed by atoms with Crippen LogP contribution in [0.25, 0.3) is 0 Å². The van der Waals surface area contributed by atoms with Crippen LogP contribution in [0.1, 0.15) is 18.9 Å². The third-order valence-corrected chi connectivity index (χ3v) is 3.00. The molecule has 1 rings (SSSR count). The normalized spacial score (nSPS) is 12.1. The van der Waals surface area contributed by atoms with Gasteiger partial charge in [-0.05, 0) is 46.6 Å². The molecule has 1 N–H and O–H groups in total. The molecule has 1 aromatic carbocycles. The fourth-order valence-corrected chi connectivity index (χ4v) is 2.12. The van der Waals surface area contributed by atoms with Crippen molar-refractivity contribution in [2.75, 3.05) is 13.1 Å². The number of phenols is 1. The highest BCUT2D eigenvalue weighted by molar-refractivity contribution is 9.10. The fraction of sp³-hybridized carbons (Fsp3) is 0.500. The number of alkyl halides is 3. The molecule has 0 fully saturated rings. The molecule has 0 amide bonds. The van der Waals surface area contributed by atoms with Crippen molar-refractivity contribution in [3.63, 3.8) is 0 Å². The van der Waals surface area contributed by atoms with Crippen molar-refractivity contribution in [2.24, 2.45) is 0 Å². The summed E-state index contributed by atoms with van der Waals surface area (Å²) in [6.07, 6.45) is -3.53. The molecule has 0 atom stereocenters. The third-order valence-electron chi connectivity index (χ3n) is 2.36. The topological polar surface area (TPSA) is 23.5 Å². The van der Waals surface area contributed by atoms with Crippen molar-refractivity contribution in [1.82, 2.24) is 4.90 Å². The van der Waals surface area contributed by atoms with E-state index in [1.807, 2.05) is 6.92 Å². The summed E-state index contributed by atoms with van der Waals surface area (Å²) in [6, 6.07) is 4.73. The van der Waals surface area contributed by atoms with E-state index in [1.165, 1.54) is 11.0 Å². The molecular formula is C12H15BrF3NO. The van der Waals surface area contributed by atoms with Gasteiger partial charge in [-0.1, -0.05) is 13.0 Å². The van der Waals surface area contributed by atoms with E-state index in [9.17, 15) is 18.3 Å². The molecule has 0 heterocycles. The van der Waals surface area contributed by atoms with E-state index in [1.54, 1.807) is 12.1 Å². The SMILES string of the molecule is CCCN(Cc1ccc(O)c(Br)c1)CC(F)(F)F. The Labute approximate surface area is 113 Å². The molecule has 6 heteroatoms. The van der Waals surface area contributed by atoms with Gasteiger partial charge in [0.05, 0.1) is 11.0 Å². The second kappa shape index (κ2) is 6.43. The Balaban J connectivity index is 2.73. The standard InChI is InChI=1S/C12H15BrF3NO/c1-2-5-17(8-12(14,15)16)7-9-3-4-11(18)10(13)6-9/h3-4,6,18H,2,5,7-8H2,1H3. The molecule has 0 spiro atoms. The van der Waals surface area contributed by atoms with E-state index in [-0.39, 0.29) is 12.3 Å². The largest absolute Gasteiger partial charge is 0.507 e. The Morgan fingerprint density at radius 2 is 2.00 bits per heavy atom. The molecule has 0 saturated carbocycles. The molecule has 0 aliphatic heterocycles. The van der Waals surface area contributed by atoms with Crippen molar-refractivity contribution in [2.45, 2.75) is 26.1 Å². The van der Waals surface area contributed by atoms with Crippen LogP contribution in [0.4, 0.5) is 13.2 Å². The number of hydrogen-bond donors (Lipinski definition) is 1. The minimum Gasteiger partial charge on any atom is -0.507 e. The maximum absolute atomic E-state index is 12.4. The van der Waals surface area contributed by atoms with Gasteiger partial charge in [0.25, 0.3) is 0 Å². The maximum Gasteiger partial charge on any atom is 0.401 e. The van der Waals surface area contributed by atoms with E-state index < -0.39 is 12.7 Å². The monoisotopic (exact) mass is 325 g/mol.